The summed E-state index contributed by atoms with van der Waals surface area (Å²) in [6.07, 6.45) is 6.37. The molecule has 0 N–H and O–H groups in total. The fraction of sp³-hybridized carbons (Fsp3) is 0.389. The third-order valence-corrected chi connectivity index (χ3v) is 4.37. The number of piperazine rings is 1. The number of carbonyl (C=O) groups excluding carboxylic acids is 2. The molecule has 0 aromatic carbocycles. The molecule has 0 bridgehead atoms. The Labute approximate surface area is 146 Å². The molecule has 1 atom stereocenters. The third-order valence-electron chi connectivity index (χ3n) is 4.37. The number of hydrogen-bond acceptors (Lipinski definition) is 5. The monoisotopic (exact) mass is 339 g/mol. The fourth-order valence-electron chi connectivity index (χ4n) is 2.99. The standard InChI is InChI=1S/C18H21N5O2/c1-12(2)15-18(25)22(3)8-9-23(15)17(24)14-10-20-16(21-11-14)13-4-6-19-7-5-13/h4-7,10-12,15H,8-9H2,1-3H3/t15-/m1/s1. The lowest BCUT2D eigenvalue weighted by molar-refractivity contribution is -0.140. The Bertz CT molecular complexity index is 761. The minimum Gasteiger partial charge on any atom is -0.342 e. The molecule has 7 nitrogen and oxygen atoms in total. The van der Waals surface area contributed by atoms with Gasteiger partial charge in [-0.2, -0.15) is 0 Å². The van der Waals surface area contributed by atoms with Crippen LogP contribution in [0.15, 0.2) is 36.9 Å². The summed E-state index contributed by atoms with van der Waals surface area (Å²) < 4.78 is 0. The first kappa shape index (κ1) is 17.0. The number of carbonyl (C=O) groups is 2. The summed E-state index contributed by atoms with van der Waals surface area (Å²) in [5.74, 6) is 0.343. The minimum atomic E-state index is -0.453. The number of pyridine rings is 1. The van der Waals surface area contributed by atoms with E-state index in [0.717, 1.165) is 5.56 Å². The van der Waals surface area contributed by atoms with Gasteiger partial charge < -0.3 is 9.80 Å². The Morgan fingerprint density at radius 3 is 2.40 bits per heavy atom. The van der Waals surface area contributed by atoms with Gasteiger partial charge >= 0.3 is 0 Å². The van der Waals surface area contributed by atoms with Crippen LogP contribution in [-0.2, 0) is 4.79 Å². The van der Waals surface area contributed by atoms with Crippen LogP contribution in [0.5, 0.6) is 0 Å². The number of aromatic nitrogens is 3. The van der Waals surface area contributed by atoms with Crippen molar-refractivity contribution in [2.75, 3.05) is 20.1 Å². The van der Waals surface area contributed by atoms with E-state index in [1.54, 1.807) is 29.2 Å². The van der Waals surface area contributed by atoms with E-state index in [4.69, 9.17) is 0 Å². The van der Waals surface area contributed by atoms with Crippen LogP contribution in [-0.4, -0.2) is 62.7 Å². The van der Waals surface area contributed by atoms with Gasteiger partial charge in [-0.1, -0.05) is 13.8 Å². The van der Waals surface area contributed by atoms with E-state index in [1.807, 2.05) is 26.0 Å². The molecule has 0 radical (unpaired) electrons. The van der Waals surface area contributed by atoms with E-state index in [2.05, 4.69) is 15.0 Å². The molecule has 7 heteroatoms. The van der Waals surface area contributed by atoms with Gasteiger partial charge in [0.05, 0.1) is 5.56 Å². The van der Waals surface area contributed by atoms with Crippen molar-refractivity contribution in [1.29, 1.82) is 0 Å². The molecule has 2 aromatic rings. The molecule has 1 aliphatic rings. The maximum absolute atomic E-state index is 12.9. The normalized spacial score (nSPS) is 17.9. The first-order chi connectivity index (χ1) is 12.0. The molecular formula is C18H21N5O2. The average molecular weight is 339 g/mol. The lowest BCUT2D eigenvalue weighted by Gasteiger charge is -2.41. The molecule has 3 rings (SSSR count). The van der Waals surface area contributed by atoms with E-state index in [9.17, 15) is 9.59 Å². The van der Waals surface area contributed by atoms with Crippen LogP contribution >= 0.6 is 0 Å². The second kappa shape index (κ2) is 6.96. The Kier molecular flexibility index (Phi) is 4.74. The summed E-state index contributed by atoms with van der Waals surface area (Å²) in [6, 6.07) is 3.17. The van der Waals surface area contributed by atoms with Gasteiger partial charge in [-0.05, 0) is 18.1 Å². The highest BCUT2D eigenvalue weighted by atomic mass is 16.2. The zero-order valence-corrected chi connectivity index (χ0v) is 14.6. The van der Waals surface area contributed by atoms with Crippen LogP contribution < -0.4 is 0 Å². The molecule has 3 heterocycles. The number of rotatable bonds is 3. The predicted octanol–water partition coefficient (Wildman–Crippen LogP) is 1.48. The fourth-order valence-corrected chi connectivity index (χ4v) is 2.99. The van der Waals surface area contributed by atoms with Crippen LogP contribution in [0, 0.1) is 5.92 Å². The maximum Gasteiger partial charge on any atom is 0.257 e. The van der Waals surface area contributed by atoms with E-state index >= 15 is 0 Å². The van der Waals surface area contributed by atoms with Crippen LogP contribution in [0.25, 0.3) is 11.4 Å². The van der Waals surface area contributed by atoms with Gasteiger partial charge in [0, 0.05) is 50.5 Å². The zero-order chi connectivity index (χ0) is 18.0. The molecule has 1 fully saturated rings. The Hall–Kier alpha value is -2.83. The molecule has 0 spiro atoms. The van der Waals surface area contributed by atoms with Crippen molar-refractivity contribution in [3.8, 4) is 11.4 Å². The molecule has 130 valence electrons. The Morgan fingerprint density at radius 1 is 1.16 bits per heavy atom. The molecule has 2 aromatic heterocycles. The quantitative estimate of drug-likeness (QED) is 0.846. The van der Waals surface area contributed by atoms with Gasteiger partial charge in [-0.15, -0.1) is 0 Å². The average Bonchev–Trinajstić information content (AvgIpc) is 2.64. The smallest absolute Gasteiger partial charge is 0.257 e. The summed E-state index contributed by atoms with van der Waals surface area (Å²) in [5.41, 5.74) is 1.23. The highest BCUT2D eigenvalue weighted by Gasteiger charge is 2.38. The highest BCUT2D eigenvalue weighted by Crippen LogP contribution is 2.21. The maximum atomic E-state index is 12.9. The second-order valence-corrected chi connectivity index (χ2v) is 6.48. The summed E-state index contributed by atoms with van der Waals surface area (Å²) in [7, 11) is 1.77. The summed E-state index contributed by atoms with van der Waals surface area (Å²) in [6.45, 7) is 4.94. The van der Waals surface area contributed by atoms with E-state index in [0.29, 0.717) is 24.5 Å². The molecule has 0 unspecified atom stereocenters. The van der Waals surface area contributed by atoms with Gasteiger partial charge in [0.25, 0.3) is 5.91 Å². The van der Waals surface area contributed by atoms with Crippen molar-refractivity contribution in [2.24, 2.45) is 5.92 Å². The van der Waals surface area contributed by atoms with Gasteiger partial charge in [-0.3, -0.25) is 14.6 Å². The third kappa shape index (κ3) is 3.35. The first-order valence-electron chi connectivity index (χ1n) is 8.27. The van der Waals surface area contributed by atoms with Crippen LogP contribution in [0.4, 0.5) is 0 Å². The lowest BCUT2D eigenvalue weighted by atomic mass is 9.98. The minimum absolute atomic E-state index is 0.0241. The van der Waals surface area contributed by atoms with Crippen LogP contribution in [0.1, 0.15) is 24.2 Å². The topological polar surface area (TPSA) is 79.3 Å². The highest BCUT2D eigenvalue weighted by molar-refractivity contribution is 5.98. The van der Waals surface area contributed by atoms with Crippen molar-refractivity contribution in [3.05, 3.63) is 42.5 Å². The van der Waals surface area contributed by atoms with Crippen LogP contribution in [0.3, 0.4) is 0 Å². The van der Waals surface area contributed by atoms with Gasteiger partial charge in [0.1, 0.15) is 6.04 Å². The molecule has 1 saturated heterocycles. The summed E-state index contributed by atoms with van der Waals surface area (Å²) >= 11 is 0. The van der Waals surface area contributed by atoms with E-state index < -0.39 is 6.04 Å². The Morgan fingerprint density at radius 2 is 1.80 bits per heavy atom. The summed E-state index contributed by atoms with van der Waals surface area (Å²) in [4.78, 5) is 41.2. The van der Waals surface area contributed by atoms with Crippen molar-refractivity contribution in [2.45, 2.75) is 19.9 Å². The summed E-state index contributed by atoms with van der Waals surface area (Å²) in [5, 5.41) is 0. The molecular weight excluding hydrogens is 318 g/mol. The largest absolute Gasteiger partial charge is 0.342 e. The number of nitrogens with zero attached hydrogens (tertiary/aromatic N) is 5. The Balaban J connectivity index is 1.84. The number of likely N-dealkylation sites (N-methyl/N-ethyl adjacent to an activating group) is 1. The van der Waals surface area contributed by atoms with Gasteiger partial charge in [-0.25, -0.2) is 9.97 Å². The van der Waals surface area contributed by atoms with Crippen molar-refractivity contribution in [1.82, 2.24) is 24.8 Å². The lowest BCUT2D eigenvalue weighted by Crippen LogP contribution is -2.59. The number of hydrogen-bond donors (Lipinski definition) is 0. The first-order valence-corrected chi connectivity index (χ1v) is 8.27. The predicted molar refractivity (Wildman–Crippen MR) is 92.6 cm³/mol. The molecule has 25 heavy (non-hydrogen) atoms. The molecule has 1 aliphatic heterocycles. The van der Waals surface area contributed by atoms with E-state index in [1.165, 1.54) is 12.4 Å². The van der Waals surface area contributed by atoms with Crippen molar-refractivity contribution >= 4 is 11.8 Å². The van der Waals surface area contributed by atoms with Gasteiger partial charge in [0.15, 0.2) is 5.82 Å². The second-order valence-electron chi connectivity index (χ2n) is 6.48. The molecule has 0 aliphatic carbocycles. The van der Waals surface area contributed by atoms with Crippen LogP contribution in [0.2, 0.25) is 0 Å². The van der Waals surface area contributed by atoms with Crippen molar-refractivity contribution in [3.63, 3.8) is 0 Å². The van der Waals surface area contributed by atoms with E-state index in [-0.39, 0.29) is 17.7 Å². The SMILES string of the molecule is CC(C)[C@@H]1C(=O)N(C)CCN1C(=O)c1cnc(-c2ccncc2)nc1. The van der Waals surface area contributed by atoms with Crippen molar-refractivity contribution < 1.29 is 9.59 Å². The number of amides is 2. The molecule has 2 amide bonds. The molecule has 0 saturated carbocycles. The zero-order valence-electron chi connectivity index (χ0n) is 14.6. The van der Waals surface area contributed by atoms with Gasteiger partial charge in [0.2, 0.25) is 5.91 Å².